The van der Waals surface area contributed by atoms with Crippen LogP contribution in [0.5, 0.6) is 0 Å². The number of aliphatic hydroxyl groups excluding tert-OH is 1. The second-order valence-electron chi connectivity index (χ2n) is 5.32. The van der Waals surface area contributed by atoms with Gasteiger partial charge in [0.05, 0.1) is 17.5 Å². The number of nitrogens with zero attached hydrogens (tertiary/aromatic N) is 3. The Bertz CT molecular complexity index is 586. The number of halogens is 1. The van der Waals surface area contributed by atoms with Crippen LogP contribution >= 0.6 is 11.6 Å². The van der Waals surface area contributed by atoms with Crippen molar-refractivity contribution >= 4 is 22.8 Å². The van der Waals surface area contributed by atoms with E-state index in [-0.39, 0.29) is 12.1 Å². The zero-order chi connectivity index (χ0) is 13.9. The highest BCUT2D eigenvalue weighted by Gasteiger charge is 2.21. The molecule has 6 heteroatoms. The third-order valence-electron chi connectivity index (χ3n) is 3.92. The number of imidazole rings is 1. The van der Waals surface area contributed by atoms with E-state index in [1.165, 1.54) is 0 Å². The predicted molar refractivity (Wildman–Crippen MR) is 78.8 cm³/mol. The van der Waals surface area contributed by atoms with Gasteiger partial charge in [0.1, 0.15) is 5.52 Å². The van der Waals surface area contributed by atoms with E-state index >= 15 is 0 Å². The van der Waals surface area contributed by atoms with E-state index in [4.69, 9.17) is 11.6 Å². The topological polar surface area (TPSA) is 63.0 Å². The van der Waals surface area contributed by atoms with Crippen molar-refractivity contribution in [2.45, 2.75) is 44.4 Å². The van der Waals surface area contributed by atoms with Gasteiger partial charge in [-0.1, -0.05) is 11.6 Å². The smallest absolute Gasteiger partial charge is 0.179 e. The number of nitrogens with one attached hydrogen (secondary N) is 1. The molecule has 2 aromatic rings. The maximum Gasteiger partial charge on any atom is 0.179 e. The van der Waals surface area contributed by atoms with Gasteiger partial charge < -0.3 is 15.0 Å². The molecule has 1 saturated heterocycles. The molecule has 0 aliphatic carbocycles. The minimum Gasteiger partial charge on any atom is -0.392 e. The van der Waals surface area contributed by atoms with Gasteiger partial charge in [-0.05, 0) is 38.3 Å². The van der Waals surface area contributed by atoms with Gasteiger partial charge in [-0.15, -0.1) is 0 Å². The summed E-state index contributed by atoms with van der Waals surface area (Å²) in [5.41, 5.74) is 1.58. The molecule has 3 heterocycles. The Morgan fingerprint density at radius 3 is 3.20 bits per heavy atom. The highest BCUT2D eigenvalue weighted by Crippen LogP contribution is 2.21. The molecule has 5 nitrogen and oxygen atoms in total. The lowest BCUT2D eigenvalue weighted by molar-refractivity contribution is 0.0909. The molecule has 2 atom stereocenters. The number of rotatable bonds is 4. The zero-order valence-electron chi connectivity index (χ0n) is 11.3. The summed E-state index contributed by atoms with van der Waals surface area (Å²) >= 11 is 6.20. The van der Waals surface area contributed by atoms with Crippen LogP contribution in [0.1, 0.15) is 25.7 Å². The molecule has 1 aliphatic heterocycles. The Morgan fingerprint density at radius 1 is 1.45 bits per heavy atom. The fourth-order valence-corrected chi connectivity index (χ4v) is 3.09. The zero-order valence-corrected chi connectivity index (χ0v) is 12.1. The van der Waals surface area contributed by atoms with Crippen LogP contribution in [-0.2, 0) is 6.54 Å². The molecule has 0 unspecified atom stereocenters. The lowest BCUT2D eigenvalue weighted by Gasteiger charge is -2.29. The number of hydrogen-bond donors (Lipinski definition) is 2. The van der Waals surface area contributed by atoms with Crippen molar-refractivity contribution < 1.29 is 5.11 Å². The Balaban J connectivity index is 1.62. The molecule has 1 aliphatic rings. The summed E-state index contributed by atoms with van der Waals surface area (Å²) in [6.45, 7) is 1.85. The molecule has 2 N–H and O–H groups in total. The Labute approximate surface area is 123 Å². The largest absolute Gasteiger partial charge is 0.392 e. The fraction of sp³-hybridized carbons (Fsp3) is 0.571. The molecule has 0 spiro atoms. The van der Waals surface area contributed by atoms with Crippen LogP contribution in [-0.4, -0.2) is 38.3 Å². The Morgan fingerprint density at radius 2 is 2.35 bits per heavy atom. The lowest BCUT2D eigenvalue weighted by atomic mass is 9.97. The van der Waals surface area contributed by atoms with Crippen LogP contribution in [0.25, 0.3) is 11.2 Å². The summed E-state index contributed by atoms with van der Waals surface area (Å²) in [6, 6.07) is 2.00. The van der Waals surface area contributed by atoms with Gasteiger partial charge in [0.25, 0.3) is 0 Å². The normalized spacial score (nSPS) is 23.3. The SMILES string of the molecule is O[C@H]1CCCN[C@@H]1CCCn1cnc2nccc(Cl)c21. The summed E-state index contributed by atoms with van der Waals surface area (Å²) in [4.78, 5) is 8.47. The number of aryl methyl sites for hydroxylation is 1. The summed E-state index contributed by atoms with van der Waals surface area (Å²) in [5.74, 6) is 0. The number of piperidine rings is 1. The van der Waals surface area contributed by atoms with Gasteiger partial charge in [0.15, 0.2) is 5.65 Å². The summed E-state index contributed by atoms with van der Waals surface area (Å²) in [6.07, 6.45) is 7.14. The quantitative estimate of drug-likeness (QED) is 0.905. The van der Waals surface area contributed by atoms with Crippen molar-refractivity contribution in [2.75, 3.05) is 6.54 Å². The van der Waals surface area contributed by atoms with E-state index in [0.717, 1.165) is 44.3 Å². The maximum absolute atomic E-state index is 9.93. The molecule has 0 bridgehead atoms. The molecule has 20 heavy (non-hydrogen) atoms. The van der Waals surface area contributed by atoms with E-state index in [2.05, 4.69) is 15.3 Å². The molecule has 3 rings (SSSR count). The standard InChI is InChI=1S/C14H19ClN4O/c15-10-5-7-17-14-13(10)19(9-18-14)8-2-3-11-12(20)4-1-6-16-11/h5,7,9,11-12,16,20H,1-4,6,8H2/t11-,12+/m1/s1. The van der Waals surface area contributed by atoms with Gasteiger partial charge in [-0.25, -0.2) is 9.97 Å². The summed E-state index contributed by atoms with van der Waals surface area (Å²) in [7, 11) is 0. The number of pyridine rings is 1. The molecule has 1 fully saturated rings. The molecule has 108 valence electrons. The van der Waals surface area contributed by atoms with Crippen LogP contribution in [0.2, 0.25) is 5.02 Å². The minimum atomic E-state index is -0.214. The first-order valence-electron chi connectivity index (χ1n) is 7.12. The van der Waals surface area contributed by atoms with Crippen molar-refractivity contribution in [2.24, 2.45) is 0 Å². The van der Waals surface area contributed by atoms with Crippen LogP contribution in [0.4, 0.5) is 0 Å². The Hall–Kier alpha value is -1.17. The second-order valence-corrected chi connectivity index (χ2v) is 5.72. The molecule has 0 saturated carbocycles. The van der Waals surface area contributed by atoms with Crippen LogP contribution in [0.3, 0.4) is 0 Å². The van der Waals surface area contributed by atoms with Gasteiger partial charge in [-0.3, -0.25) is 0 Å². The molecule has 0 radical (unpaired) electrons. The first kappa shape index (κ1) is 13.8. The van der Waals surface area contributed by atoms with Crippen molar-refractivity contribution in [3.8, 4) is 0 Å². The lowest BCUT2D eigenvalue weighted by Crippen LogP contribution is -2.44. The van der Waals surface area contributed by atoms with E-state index in [1.807, 2.05) is 4.57 Å². The number of fused-ring (bicyclic) bond motifs is 1. The average Bonchev–Trinajstić information content (AvgIpc) is 2.86. The number of hydrogen-bond acceptors (Lipinski definition) is 4. The van der Waals surface area contributed by atoms with Crippen LogP contribution in [0.15, 0.2) is 18.6 Å². The van der Waals surface area contributed by atoms with Crippen molar-refractivity contribution in [3.63, 3.8) is 0 Å². The van der Waals surface area contributed by atoms with Crippen molar-refractivity contribution in [1.82, 2.24) is 19.9 Å². The highest BCUT2D eigenvalue weighted by atomic mass is 35.5. The predicted octanol–water partition coefficient (Wildman–Crippen LogP) is 1.98. The third-order valence-corrected chi connectivity index (χ3v) is 4.23. The van der Waals surface area contributed by atoms with Crippen molar-refractivity contribution in [1.29, 1.82) is 0 Å². The van der Waals surface area contributed by atoms with E-state index in [9.17, 15) is 5.11 Å². The average molecular weight is 295 g/mol. The van der Waals surface area contributed by atoms with E-state index < -0.39 is 0 Å². The van der Waals surface area contributed by atoms with Gasteiger partial charge in [0.2, 0.25) is 0 Å². The third kappa shape index (κ3) is 2.80. The van der Waals surface area contributed by atoms with Gasteiger partial charge >= 0.3 is 0 Å². The second kappa shape index (κ2) is 6.08. The van der Waals surface area contributed by atoms with E-state index in [0.29, 0.717) is 10.7 Å². The van der Waals surface area contributed by atoms with E-state index in [1.54, 1.807) is 18.6 Å². The van der Waals surface area contributed by atoms with Crippen LogP contribution < -0.4 is 5.32 Å². The number of aliphatic hydroxyl groups is 1. The summed E-state index contributed by atoms with van der Waals surface area (Å²) in [5, 5.41) is 14.0. The molecule has 0 aromatic carbocycles. The van der Waals surface area contributed by atoms with Gasteiger partial charge in [-0.2, -0.15) is 0 Å². The van der Waals surface area contributed by atoms with Crippen molar-refractivity contribution in [3.05, 3.63) is 23.6 Å². The number of aromatic nitrogens is 3. The maximum atomic E-state index is 9.93. The van der Waals surface area contributed by atoms with Gasteiger partial charge in [0, 0.05) is 18.8 Å². The van der Waals surface area contributed by atoms with Crippen LogP contribution in [0, 0.1) is 0 Å². The first-order chi connectivity index (χ1) is 9.75. The fourth-order valence-electron chi connectivity index (χ4n) is 2.84. The molecule has 2 aromatic heterocycles. The molecular formula is C14H19ClN4O. The monoisotopic (exact) mass is 294 g/mol. The molecule has 0 amide bonds. The first-order valence-corrected chi connectivity index (χ1v) is 7.50. The summed E-state index contributed by atoms with van der Waals surface area (Å²) < 4.78 is 2.04. The minimum absolute atomic E-state index is 0.214. The Kier molecular flexibility index (Phi) is 4.19. The molecular weight excluding hydrogens is 276 g/mol. The highest BCUT2D eigenvalue weighted by molar-refractivity contribution is 6.34.